The topological polar surface area (TPSA) is 23.5 Å². The summed E-state index contributed by atoms with van der Waals surface area (Å²) in [5.74, 6) is 4.91. The molecule has 0 atom stereocenters. The van der Waals surface area contributed by atoms with Gasteiger partial charge in [-0.05, 0) is 31.3 Å². The molecule has 1 aromatic heterocycles. The van der Waals surface area contributed by atoms with Gasteiger partial charge in [0.1, 0.15) is 12.4 Å². The molecule has 0 saturated heterocycles. The summed E-state index contributed by atoms with van der Waals surface area (Å²) >= 11 is 7.43. The number of aliphatic hydroxyl groups excluding tert-OH is 1. The normalized spacial score (nSPS) is 10.5. The largest absolute Gasteiger partial charge is 0.384 e. The molecule has 5 heteroatoms. The molecule has 2 aromatic rings. The second-order valence-corrected chi connectivity index (χ2v) is 6.44. The smallest absolute Gasteiger partial charge is 0.128 e. The number of hydrogen-bond donors (Lipinski definition) is 1. The highest BCUT2D eigenvalue weighted by atomic mass is 35.5. The summed E-state index contributed by atoms with van der Waals surface area (Å²) in [5.41, 5.74) is 1.19. The maximum Gasteiger partial charge on any atom is 0.128 e. The summed E-state index contributed by atoms with van der Waals surface area (Å²) in [6.45, 7) is 1.01. The van der Waals surface area contributed by atoms with Crippen LogP contribution in [-0.2, 0) is 13.1 Å². The minimum atomic E-state index is -0.282. The summed E-state index contributed by atoms with van der Waals surface area (Å²) in [4.78, 5) is 3.17. The molecule has 0 aliphatic carbocycles. The van der Waals surface area contributed by atoms with Crippen molar-refractivity contribution < 1.29 is 9.50 Å². The third kappa shape index (κ3) is 4.83. The van der Waals surface area contributed by atoms with Gasteiger partial charge in [0.25, 0.3) is 0 Å². The maximum absolute atomic E-state index is 14.0. The molecule has 0 bridgehead atoms. The zero-order valence-corrected chi connectivity index (χ0v) is 13.1. The maximum atomic E-state index is 14.0. The van der Waals surface area contributed by atoms with Gasteiger partial charge in [-0.1, -0.05) is 29.5 Å². The molecule has 0 aliphatic rings. The number of hydrogen-bond acceptors (Lipinski definition) is 3. The molecule has 0 radical (unpaired) electrons. The highest BCUT2D eigenvalue weighted by Crippen LogP contribution is 2.23. The first-order valence-corrected chi connectivity index (χ1v) is 7.59. The first-order valence-electron chi connectivity index (χ1n) is 6.39. The van der Waals surface area contributed by atoms with Crippen LogP contribution in [0.2, 0.25) is 4.34 Å². The van der Waals surface area contributed by atoms with Crippen molar-refractivity contribution in [2.45, 2.75) is 13.1 Å². The molecule has 2 rings (SSSR count). The molecule has 0 amide bonds. The molecule has 110 valence electrons. The van der Waals surface area contributed by atoms with Crippen molar-refractivity contribution in [2.24, 2.45) is 0 Å². The molecule has 1 aromatic carbocycles. The average molecular weight is 324 g/mol. The summed E-state index contributed by atoms with van der Waals surface area (Å²) in [5, 5.41) is 8.63. The molecular formula is C16H15ClFNOS. The predicted octanol–water partition coefficient (Wildman–Crippen LogP) is 3.52. The molecular weight excluding hydrogens is 309 g/mol. The second-order valence-electron chi connectivity index (χ2n) is 4.64. The molecule has 0 unspecified atom stereocenters. The van der Waals surface area contributed by atoms with Crippen LogP contribution in [0.15, 0.2) is 30.3 Å². The van der Waals surface area contributed by atoms with Crippen LogP contribution < -0.4 is 0 Å². The predicted molar refractivity (Wildman–Crippen MR) is 84.9 cm³/mol. The number of rotatable bonds is 4. The molecule has 0 fully saturated rings. The first-order chi connectivity index (χ1) is 10.1. The number of aliphatic hydroxyl groups is 1. The van der Waals surface area contributed by atoms with Crippen molar-refractivity contribution in [2.75, 3.05) is 13.7 Å². The van der Waals surface area contributed by atoms with E-state index < -0.39 is 0 Å². The van der Waals surface area contributed by atoms with Gasteiger partial charge in [-0.2, -0.15) is 0 Å². The van der Waals surface area contributed by atoms with Crippen LogP contribution in [0, 0.1) is 17.7 Å². The minimum absolute atomic E-state index is 0.227. The molecule has 0 saturated carbocycles. The lowest BCUT2D eigenvalue weighted by molar-refractivity contribution is 0.316. The Labute approximate surface area is 132 Å². The van der Waals surface area contributed by atoms with E-state index in [0.717, 1.165) is 15.8 Å². The summed E-state index contributed by atoms with van der Waals surface area (Å²) in [6.07, 6.45) is 0. The summed E-state index contributed by atoms with van der Waals surface area (Å²) < 4.78 is 14.8. The Kier molecular flexibility index (Phi) is 5.77. The number of nitrogens with zero attached hydrogens (tertiary/aromatic N) is 1. The zero-order valence-electron chi connectivity index (χ0n) is 11.6. The summed E-state index contributed by atoms with van der Waals surface area (Å²) in [7, 11) is 1.94. The Morgan fingerprint density at radius 2 is 2.10 bits per heavy atom. The van der Waals surface area contributed by atoms with Crippen molar-refractivity contribution in [3.63, 3.8) is 0 Å². The molecule has 21 heavy (non-hydrogen) atoms. The van der Waals surface area contributed by atoms with E-state index in [1.165, 1.54) is 17.4 Å². The van der Waals surface area contributed by atoms with E-state index in [1.54, 1.807) is 12.1 Å². The fourth-order valence-corrected chi connectivity index (χ4v) is 3.11. The lowest BCUT2D eigenvalue weighted by Gasteiger charge is -2.16. The van der Waals surface area contributed by atoms with Gasteiger partial charge in [0, 0.05) is 29.1 Å². The van der Waals surface area contributed by atoms with Crippen LogP contribution >= 0.6 is 22.9 Å². The van der Waals surface area contributed by atoms with Crippen molar-refractivity contribution >= 4 is 22.9 Å². The minimum Gasteiger partial charge on any atom is -0.384 e. The van der Waals surface area contributed by atoms with E-state index in [4.69, 9.17) is 16.7 Å². The van der Waals surface area contributed by atoms with Gasteiger partial charge in [-0.15, -0.1) is 11.3 Å². The number of benzene rings is 1. The quantitative estimate of drug-likeness (QED) is 0.870. The van der Waals surface area contributed by atoms with Gasteiger partial charge in [0.15, 0.2) is 0 Å². The Hall–Kier alpha value is -1.38. The third-order valence-corrected chi connectivity index (χ3v) is 4.08. The Morgan fingerprint density at radius 3 is 2.71 bits per heavy atom. The monoisotopic (exact) mass is 323 g/mol. The average Bonchev–Trinajstić information content (AvgIpc) is 2.84. The van der Waals surface area contributed by atoms with E-state index in [-0.39, 0.29) is 12.4 Å². The van der Waals surface area contributed by atoms with Gasteiger partial charge in [-0.25, -0.2) is 4.39 Å². The van der Waals surface area contributed by atoms with Gasteiger partial charge in [0.2, 0.25) is 0 Å². The van der Waals surface area contributed by atoms with Crippen molar-refractivity contribution in [1.82, 2.24) is 4.90 Å². The molecule has 1 heterocycles. The van der Waals surface area contributed by atoms with E-state index in [1.807, 2.05) is 24.1 Å². The second kappa shape index (κ2) is 7.58. The van der Waals surface area contributed by atoms with Crippen molar-refractivity contribution in [3.8, 4) is 11.8 Å². The SMILES string of the molecule is CN(Cc1ccc(Cl)s1)Cc1ccc(C#CCO)cc1F. The van der Waals surface area contributed by atoms with Crippen LogP contribution in [0.5, 0.6) is 0 Å². The van der Waals surface area contributed by atoms with Crippen LogP contribution in [0.3, 0.4) is 0 Å². The fraction of sp³-hybridized carbons (Fsp3) is 0.250. The highest BCUT2D eigenvalue weighted by molar-refractivity contribution is 7.16. The Morgan fingerprint density at radius 1 is 1.29 bits per heavy atom. The van der Waals surface area contributed by atoms with Gasteiger partial charge in [0.05, 0.1) is 4.34 Å². The van der Waals surface area contributed by atoms with Crippen molar-refractivity contribution in [3.05, 3.63) is 56.5 Å². The molecule has 2 nitrogen and oxygen atoms in total. The molecule has 1 N–H and O–H groups in total. The first kappa shape index (κ1) is 16.0. The van der Waals surface area contributed by atoms with Gasteiger partial charge < -0.3 is 5.11 Å². The van der Waals surface area contributed by atoms with Crippen LogP contribution in [0.1, 0.15) is 16.0 Å². The van der Waals surface area contributed by atoms with E-state index in [2.05, 4.69) is 11.8 Å². The van der Waals surface area contributed by atoms with Crippen LogP contribution in [0.25, 0.3) is 0 Å². The molecule has 0 spiro atoms. The third-order valence-electron chi connectivity index (χ3n) is 2.86. The lowest BCUT2D eigenvalue weighted by atomic mass is 10.1. The van der Waals surface area contributed by atoms with E-state index in [0.29, 0.717) is 17.7 Å². The van der Waals surface area contributed by atoms with Crippen LogP contribution in [-0.4, -0.2) is 23.7 Å². The number of thiophene rings is 1. The fourth-order valence-electron chi connectivity index (χ4n) is 1.94. The lowest BCUT2D eigenvalue weighted by Crippen LogP contribution is -2.17. The van der Waals surface area contributed by atoms with Crippen molar-refractivity contribution in [1.29, 1.82) is 0 Å². The zero-order chi connectivity index (χ0) is 15.2. The van der Waals surface area contributed by atoms with Gasteiger partial charge >= 0.3 is 0 Å². The standard InChI is InChI=1S/C16H15ClFNOS/c1-19(11-14-6-7-16(17)21-14)10-13-5-4-12(3-2-8-20)9-15(13)18/h4-7,9,20H,8,10-11H2,1H3. The van der Waals surface area contributed by atoms with E-state index in [9.17, 15) is 4.39 Å². The Bertz CT molecular complexity index is 674. The number of halogens is 2. The highest BCUT2D eigenvalue weighted by Gasteiger charge is 2.08. The summed E-state index contributed by atoms with van der Waals surface area (Å²) in [6, 6.07) is 8.73. The Balaban J connectivity index is 2.02. The molecule has 0 aliphatic heterocycles. The van der Waals surface area contributed by atoms with E-state index >= 15 is 0 Å². The van der Waals surface area contributed by atoms with Gasteiger partial charge in [-0.3, -0.25) is 4.90 Å². The van der Waals surface area contributed by atoms with Crippen LogP contribution in [0.4, 0.5) is 4.39 Å².